The predicted molar refractivity (Wildman–Crippen MR) is 106 cm³/mol. The summed E-state index contributed by atoms with van der Waals surface area (Å²) in [4.78, 5) is 6.49. The number of nitrogens with one attached hydrogen (secondary N) is 1. The quantitative estimate of drug-likeness (QED) is 0.215. The molecule has 0 radical (unpaired) electrons. The fraction of sp³-hybridized carbons (Fsp3) is 0.929. The summed E-state index contributed by atoms with van der Waals surface area (Å²) in [7, 11) is -1.78. The molecule has 0 atom stereocenters. The molecule has 0 saturated carbocycles. The molecule has 0 spiro atoms. The van der Waals surface area contributed by atoms with Crippen molar-refractivity contribution in [3.63, 3.8) is 0 Å². The second kappa shape index (κ2) is 13.1. The van der Waals surface area contributed by atoms with Crippen molar-refractivity contribution >= 4 is 40.0 Å². The third-order valence-corrected chi connectivity index (χ3v) is 4.31. The van der Waals surface area contributed by atoms with Crippen LogP contribution >= 0.6 is 24.0 Å². The van der Waals surface area contributed by atoms with Crippen LogP contribution in [0.4, 0.5) is 0 Å². The van der Waals surface area contributed by atoms with Crippen molar-refractivity contribution in [1.29, 1.82) is 0 Å². The Kier molecular flexibility index (Phi) is 13.0. The van der Waals surface area contributed by atoms with Gasteiger partial charge in [-0.05, 0) is 26.2 Å². The Labute approximate surface area is 162 Å². The van der Waals surface area contributed by atoms with E-state index in [4.69, 9.17) is 14.6 Å². The van der Waals surface area contributed by atoms with Crippen molar-refractivity contribution in [1.82, 2.24) is 10.2 Å². The minimum atomic E-state index is -3.47. The van der Waals surface area contributed by atoms with E-state index in [9.17, 15) is 8.42 Å². The van der Waals surface area contributed by atoms with Crippen molar-refractivity contribution in [3.05, 3.63) is 0 Å². The van der Waals surface area contributed by atoms with Crippen LogP contribution in [0.5, 0.6) is 0 Å². The normalized spacial score (nSPS) is 16.8. The zero-order chi connectivity index (χ0) is 17.1. The van der Waals surface area contributed by atoms with Crippen molar-refractivity contribution in [3.8, 4) is 0 Å². The van der Waals surface area contributed by atoms with Gasteiger partial charge in [-0.25, -0.2) is 13.6 Å². The number of sulfonamides is 1. The Balaban J connectivity index is 0.00000529. The summed E-state index contributed by atoms with van der Waals surface area (Å²) in [6.45, 7) is 6.03. The number of guanidine groups is 1. The van der Waals surface area contributed by atoms with Crippen molar-refractivity contribution in [2.75, 3.05) is 52.3 Å². The number of nitrogens with zero attached hydrogens (tertiary/aromatic N) is 2. The Bertz CT molecular complexity index is 454. The highest BCUT2D eigenvalue weighted by molar-refractivity contribution is 14.0. The van der Waals surface area contributed by atoms with Gasteiger partial charge in [-0.1, -0.05) is 0 Å². The molecule has 0 aliphatic carbocycles. The SMILES string of the molecule is CCNC(=NCCS(N)(=O)=O)N1CCC(OCCCOC)CC1.I. The lowest BCUT2D eigenvalue weighted by Crippen LogP contribution is -2.47. The molecule has 10 heteroatoms. The number of primary sulfonamides is 1. The molecule has 0 aromatic rings. The van der Waals surface area contributed by atoms with Crippen LogP contribution in [0.25, 0.3) is 0 Å². The largest absolute Gasteiger partial charge is 0.385 e. The van der Waals surface area contributed by atoms with Gasteiger partial charge in [-0.3, -0.25) is 4.99 Å². The van der Waals surface area contributed by atoms with Gasteiger partial charge in [0.1, 0.15) is 0 Å². The number of aliphatic imine (C=N–C) groups is 1. The molecule has 3 N–H and O–H groups in total. The number of hydrogen-bond donors (Lipinski definition) is 2. The first-order valence-electron chi connectivity index (χ1n) is 8.10. The number of methoxy groups -OCH3 is 1. The maximum absolute atomic E-state index is 11.0. The van der Waals surface area contributed by atoms with Crippen LogP contribution in [0.3, 0.4) is 0 Å². The van der Waals surface area contributed by atoms with Crippen molar-refractivity contribution in [2.45, 2.75) is 32.3 Å². The third kappa shape index (κ3) is 10.6. The van der Waals surface area contributed by atoms with Crippen LogP contribution in [0.2, 0.25) is 0 Å². The molecule has 8 nitrogen and oxygen atoms in total. The standard InChI is InChI=1S/C14H30N4O4S.HI/c1-3-16-14(17-7-12-23(15,19)20)18-8-5-13(6-9-18)22-11-4-10-21-2;/h13H,3-12H2,1-2H3,(H,16,17)(H2,15,19,20);1H. The molecular formula is C14H31IN4O4S. The van der Waals surface area contributed by atoms with E-state index in [1.807, 2.05) is 6.92 Å². The average Bonchev–Trinajstić information content (AvgIpc) is 2.50. The molecule has 1 heterocycles. The van der Waals surface area contributed by atoms with Gasteiger partial charge in [0.25, 0.3) is 0 Å². The first-order valence-corrected chi connectivity index (χ1v) is 9.82. The maximum Gasteiger partial charge on any atom is 0.210 e. The van der Waals surface area contributed by atoms with Gasteiger partial charge in [0, 0.05) is 40.0 Å². The molecule has 1 aliphatic rings. The number of ether oxygens (including phenoxy) is 2. The van der Waals surface area contributed by atoms with Crippen LogP contribution in [0, 0.1) is 0 Å². The van der Waals surface area contributed by atoms with Gasteiger partial charge in [-0.2, -0.15) is 0 Å². The molecule has 1 rings (SSSR count). The lowest BCUT2D eigenvalue weighted by Gasteiger charge is -2.34. The molecule has 1 fully saturated rings. The Morgan fingerprint density at radius 2 is 2.00 bits per heavy atom. The number of piperidine rings is 1. The predicted octanol–water partition coefficient (Wildman–Crippen LogP) is 0.376. The highest BCUT2D eigenvalue weighted by atomic mass is 127. The molecule has 1 saturated heterocycles. The molecule has 0 unspecified atom stereocenters. The smallest absolute Gasteiger partial charge is 0.210 e. The summed E-state index contributed by atoms with van der Waals surface area (Å²) >= 11 is 0. The summed E-state index contributed by atoms with van der Waals surface area (Å²) in [5.41, 5.74) is 0. The summed E-state index contributed by atoms with van der Waals surface area (Å²) in [5.74, 6) is 0.607. The van der Waals surface area contributed by atoms with Crippen LogP contribution < -0.4 is 10.5 Å². The van der Waals surface area contributed by atoms with E-state index in [2.05, 4.69) is 15.2 Å². The fourth-order valence-electron chi connectivity index (χ4n) is 2.39. The topological polar surface area (TPSA) is 106 Å². The minimum absolute atomic E-state index is 0. The number of hydrogen-bond acceptors (Lipinski definition) is 5. The summed E-state index contributed by atoms with van der Waals surface area (Å²) in [5, 5.41) is 8.20. The Morgan fingerprint density at radius 3 is 2.54 bits per heavy atom. The Hall–Kier alpha value is -0.170. The zero-order valence-corrected chi connectivity index (χ0v) is 17.7. The van der Waals surface area contributed by atoms with E-state index in [0.717, 1.165) is 58.1 Å². The van der Waals surface area contributed by atoms with E-state index in [0.29, 0.717) is 0 Å². The molecule has 0 bridgehead atoms. The second-order valence-corrected chi connectivity index (χ2v) is 7.24. The van der Waals surface area contributed by atoms with E-state index < -0.39 is 10.0 Å². The van der Waals surface area contributed by atoms with Crippen LogP contribution in [-0.2, 0) is 19.5 Å². The van der Waals surface area contributed by atoms with Gasteiger partial charge >= 0.3 is 0 Å². The van der Waals surface area contributed by atoms with Gasteiger partial charge in [0.2, 0.25) is 10.0 Å². The minimum Gasteiger partial charge on any atom is -0.385 e. The van der Waals surface area contributed by atoms with Crippen LogP contribution in [-0.4, -0.2) is 77.6 Å². The molecule has 0 aromatic heterocycles. The first-order chi connectivity index (χ1) is 11.0. The number of rotatable bonds is 9. The lowest BCUT2D eigenvalue weighted by molar-refractivity contribution is 0.00991. The molecule has 144 valence electrons. The average molecular weight is 478 g/mol. The molecule has 0 aromatic carbocycles. The van der Waals surface area contributed by atoms with Crippen LogP contribution in [0.15, 0.2) is 4.99 Å². The molecule has 0 amide bonds. The molecule has 1 aliphatic heterocycles. The number of nitrogens with two attached hydrogens (primary N) is 1. The van der Waals surface area contributed by atoms with Crippen LogP contribution in [0.1, 0.15) is 26.2 Å². The van der Waals surface area contributed by atoms with Gasteiger partial charge in [0.05, 0.1) is 18.4 Å². The van der Waals surface area contributed by atoms with Gasteiger partial charge in [-0.15, -0.1) is 24.0 Å². The summed E-state index contributed by atoms with van der Waals surface area (Å²) in [6.07, 6.45) is 3.06. The monoisotopic (exact) mass is 478 g/mol. The third-order valence-electron chi connectivity index (χ3n) is 3.56. The summed E-state index contributed by atoms with van der Waals surface area (Å²) < 4.78 is 32.8. The highest BCUT2D eigenvalue weighted by Gasteiger charge is 2.21. The Morgan fingerprint density at radius 1 is 1.33 bits per heavy atom. The lowest BCUT2D eigenvalue weighted by atomic mass is 10.1. The van der Waals surface area contributed by atoms with Crippen molar-refractivity contribution < 1.29 is 17.9 Å². The highest BCUT2D eigenvalue weighted by Crippen LogP contribution is 2.14. The number of halogens is 1. The van der Waals surface area contributed by atoms with E-state index >= 15 is 0 Å². The first kappa shape index (κ1) is 23.8. The fourth-order valence-corrected chi connectivity index (χ4v) is 2.74. The van der Waals surface area contributed by atoms with E-state index in [1.165, 1.54) is 0 Å². The molecule has 24 heavy (non-hydrogen) atoms. The van der Waals surface area contributed by atoms with E-state index in [-0.39, 0.29) is 42.4 Å². The zero-order valence-electron chi connectivity index (χ0n) is 14.6. The van der Waals surface area contributed by atoms with E-state index in [1.54, 1.807) is 7.11 Å². The molecular weight excluding hydrogens is 447 g/mol. The number of likely N-dealkylation sites (tertiary alicyclic amines) is 1. The van der Waals surface area contributed by atoms with Gasteiger partial charge < -0.3 is 19.7 Å². The second-order valence-electron chi connectivity index (χ2n) is 5.51. The summed E-state index contributed by atoms with van der Waals surface area (Å²) in [6, 6.07) is 0. The van der Waals surface area contributed by atoms with Crippen molar-refractivity contribution in [2.24, 2.45) is 10.1 Å². The van der Waals surface area contributed by atoms with Gasteiger partial charge in [0.15, 0.2) is 5.96 Å². The maximum atomic E-state index is 11.0.